The van der Waals surface area contributed by atoms with E-state index in [1.165, 1.54) is 11.1 Å². The molecule has 2 N–H and O–H groups in total. The van der Waals surface area contributed by atoms with Crippen LogP contribution in [0.25, 0.3) is 0 Å². The highest BCUT2D eigenvalue weighted by Crippen LogP contribution is 2.58. The van der Waals surface area contributed by atoms with Crippen LogP contribution in [-0.4, -0.2) is 11.7 Å². The molecule has 0 aromatic heterocycles. The first-order valence-electron chi connectivity index (χ1n) is 16.2. The second-order valence-corrected chi connectivity index (χ2v) is 14.3. The van der Waals surface area contributed by atoms with E-state index in [0.29, 0.717) is 0 Å². The van der Waals surface area contributed by atoms with E-state index in [-0.39, 0.29) is 0 Å². The molecule has 2 aliphatic heterocycles. The lowest BCUT2D eigenvalue weighted by molar-refractivity contribution is -0.244. The summed E-state index contributed by atoms with van der Waals surface area (Å²) in [4.78, 5) is 11.2. The number of amidine groups is 2. The molecule has 0 spiro atoms. The number of aliphatic imine (C=N–C) groups is 2. The number of nitrogens with one attached hydrogen (secondary N) is 2. The third-order valence-corrected chi connectivity index (χ3v) is 9.04. The average molecular weight is 599 g/mol. The predicted molar refractivity (Wildman–Crippen MR) is 188 cm³/mol. The van der Waals surface area contributed by atoms with Crippen LogP contribution >= 0.6 is 0 Å². The molecule has 2 unspecified atom stereocenters. The lowest BCUT2D eigenvalue weighted by atomic mass is 9.73. The summed E-state index contributed by atoms with van der Waals surface area (Å²) < 4.78 is 7.80. The molecule has 5 heteroatoms. The van der Waals surface area contributed by atoms with Gasteiger partial charge in [0.15, 0.2) is 11.4 Å². The van der Waals surface area contributed by atoms with Gasteiger partial charge in [-0.05, 0) is 36.1 Å². The Hall–Kier alpha value is -4.22. The van der Waals surface area contributed by atoms with Crippen molar-refractivity contribution in [2.75, 3.05) is 10.6 Å². The normalized spacial score (nSPS) is 21.0. The van der Waals surface area contributed by atoms with Gasteiger partial charge in [-0.2, -0.15) is 0 Å². The Balaban J connectivity index is 1.50. The van der Waals surface area contributed by atoms with Crippen LogP contribution in [0, 0.1) is 10.8 Å². The van der Waals surface area contributed by atoms with Gasteiger partial charge in [-0.15, -0.1) is 0 Å². The Labute approximate surface area is 268 Å². The molecular formula is C40H46N4O. The number of fused-ring (bicyclic) bond motifs is 2. The van der Waals surface area contributed by atoms with Crippen molar-refractivity contribution >= 4 is 23.0 Å². The number of hydrogen-bond donors (Lipinski definition) is 2. The van der Waals surface area contributed by atoms with E-state index in [9.17, 15) is 0 Å². The van der Waals surface area contributed by atoms with Crippen molar-refractivity contribution in [2.24, 2.45) is 20.8 Å². The van der Waals surface area contributed by atoms with E-state index in [2.05, 4.69) is 161 Å². The molecule has 0 amide bonds. The molecule has 0 aliphatic carbocycles. The predicted octanol–water partition coefficient (Wildman–Crippen LogP) is 9.71. The SMILES string of the molecule is CC(C)(C)C1(OC2(C(C)(C)C)N=C(CCc3ccccc3)Nc3ccccc32)N=C(CCc2ccccc2)Nc2ccccc21. The van der Waals surface area contributed by atoms with Crippen molar-refractivity contribution in [1.82, 2.24) is 0 Å². The van der Waals surface area contributed by atoms with Gasteiger partial charge >= 0.3 is 0 Å². The van der Waals surface area contributed by atoms with Crippen LogP contribution in [0.15, 0.2) is 119 Å². The van der Waals surface area contributed by atoms with E-state index >= 15 is 0 Å². The van der Waals surface area contributed by atoms with E-state index in [1.54, 1.807) is 0 Å². The molecule has 45 heavy (non-hydrogen) atoms. The summed E-state index contributed by atoms with van der Waals surface area (Å²) in [7, 11) is 0. The third kappa shape index (κ3) is 5.94. The lowest BCUT2D eigenvalue weighted by Crippen LogP contribution is -2.55. The van der Waals surface area contributed by atoms with Crippen LogP contribution in [0.5, 0.6) is 0 Å². The van der Waals surface area contributed by atoms with Crippen molar-refractivity contribution in [3.05, 3.63) is 131 Å². The van der Waals surface area contributed by atoms with Crippen molar-refractivity contribution in [2.45, 2.75) is 78.7 Å². The Morgan fingerprint density at radius 1 is 0.489 bits per heavy atom. The molecule has 0 radical (unpaired) electrons. The Kier molecular flexibility index (Phi) is 8.17. The monoisotopic (exact) mass is 598 g/mol. The van der Waals surface area contributed by atoms with Crippen molar-refractivity contribution in [3.8, 4) is 0 Å². The summed E-state index contributed by atoms with van der Waals surface area (Å²) in [5.41, 5.74) is 3.82. The lowest BCUT2D eigenvalue weighted by Gasteiger charge is -2.54. The van der Waals surface area contributed by atoms with Gasteiger partial charge in [0.05, 0.1) is 0 Å². The summed E-state index contributed by atoms with van der Waals surface area (Å²) in [6.45, 7) is 13.4. The van der Waals surface area contributed by atoms with Crippen LogP contribution in [0.1, 0.15) is 76.6 Å². The molecule has 0 fully saturated rings. The summed E-state index contributed by atoms with van der Waals surface area (Å²) in [5.74, 6) is 1.85. The smallest absolute Gasteiger partial charge is 0.196 e. The number of ether oxygens (including phenoxy) is 1. The van der Waals surface area contributed by atoms with Crippen LogP contribution in [0.3, 0.4) is 0 Å². The molecule has 5 nitrogen and oxygen atoms in total. The number of benzene rings is 4. The fourth-order valence-electron chi connectivity index (χ4n) is 6.51. The van der Waals surface area contributed by atoms with Gasteiger partial charge in [0, 0.05) is 46.2 Å². The molecule has 2 aliphatic rings. The van der Waals surface area contributed by atoms with Crippen molar-refractivity contribution < 1.29 is 4.74 Å². The Bertz CT molecular complexity index is 1570. The molecule has 4 aromatic carbocycles. The molecule has 2 heterocycles. The zero-order valence-corrected chi connectivity index (χ0v) is 27.5. The number of anilines is 2. The zero-order chi connectivity index (χ0) is 31.7. The van der Waals surface area contributed by atoms with Gasteiger partial charge in [0.1, 0.15) is 11.7 Å². The fourth-order valence-corrected chi connectivity index (χ4v) is 6.51. The van der Waals surface area contributed by atoms with Crippen LogP contribution in [0.4, 0.5) is 11.4 Å². The van der Waals surface area contributed by atoms with Gasteiger partial charge in [-0.3, -0.25) is 0 Å². The van der Waals surface area contributed by atoms with Gasteiger partial charge in [-0.1, -0.05) is 139 Å². The molecule has 4 aromatic rings. The first-order chi connectivity index (χ1) is 21.5. The molecule has 2 atom stereocenters. The topological polar surface area (TPSA) is 58.0 Å². The minimum Gasteiger partial charge on any atom is -0.344 e. The second-order valence-electron chi connectivity index (χ2n) is 14.3. The largest absolute Gasteiger partial charge is 0.344 e. The zero-order valence-electron chi connectivity index (χ0n) is 27.5. The maximum atomic E-state index is 7.80. The summed E-state index contributed by atoms with van der Waals surface area (Å²) in [5, 5.41) is 7.34. The number of aryl methyl sites for hydroxylation is 2. The minimum atomic E-state index is -1.02. The number of hydrogen-bond acceptors (Lipinski definition) is 5. The average Bonchev–Trinajstić information content (AvgIpc) is 3.02. The Morgan fingerprint density at radius 2 is 0.844 bits per heavy atom. The number of rotatable bonds is 8. The third-order valence-electron chi connectivity index (χ3n) is 9.04. The van der Waals surface area contributed by atoms with E-state index < -0.39 is 22.3 Å². The molecule has 0 bridgehead atoms. The highest BCUT2D eigenvalue weighted by Gasteiger charge is 2.58. The maximum Gasteiger partial charge on any atom is 0.196 e. The first-order valence-corrected chi connectivity index (χ1v) is 16.2. The standard InChI is InChI=1S/C40H46N4O/c1-37(2,3)39(31-21-13-15-23-33(31)41-35(43-39)27-25-29-17-9-7-10-18-29)45-40(38(4,5)6)32-22-14-16-24-34(32)42-36(44-40)28-26-30-19-11-8-12-20-30/h7-24H,25-28H2,1-6H3,(H,41,43)(H,42,44). The number of para-hydroxylation sites is 2. The molecular weight excluding hydrogens is 552 g/mol. The second kappa shape index (κ2) is 11.9. The van der Waals surface area contributed by atoms with Crippen LogP contribution in [0.2, 0.25) is 0 Å². The van der Waals surface area contributed by atoms with Crippen molar-refractivity contribution in [3.63, 3.8) is 0 Å². The minimum absolute atomic E-state index is 0.416. The maximum absolute atomic E-state index is 7.80. The number of nitrogens with zero attached hydrogens (tertiary/aromatic N) is 2. The highest BCUT2D eigenvalue weighted by molar-refractivity contribution is 5.99. The van der Waals surface area contributed by atoms with E-state index in [1.807, 2.05) is 0 Å². The van der Waals surface area contributed by atoms with Crippen molar-refractivity contribution in [1.29, 1.82) is 0 Å². The Morgan fingerprint density at radius 3 is 1.22 bits per heavy atom. The van der Waals surface area contributed by atoms with Crippen LogP contribution in [-0.2, 0) is 29.0 Å². The summed E-state index contributed by atoms with van der Waals surface area (Å²) in [6, 6.07) is 38.2. The molecule has 6 rings (SSSR count). The summed E-state index contributed by atoms with van der Waals surface area (Å²) in [6.07, 6.45) is 3.31. The summed E-state index contributed by atoms with van der Waals surface area (Å²) >= 11 is 0. The molecule has 0 saturated heterocycles. The van der Waals surface area contributed by atoms with Gasteiger partial charge in [-0.25, -0.2) is 9.98 Å². The van der Waals surface area contributed by atoms with Gasteiger partial charge in [0.25, 0.3) is 0 Å². The first kappa shape index (κ1) is 30.8. The van der Waals surface area contributed by atoms with Gasteiger partial charge < -0.3 is 15.4 Å². The highest BCUT2D eigenvalue weighted by atomic mass is 16.6. The van der Waals surface area contributed by atoms with E-state index in [0.717, 1.165) is 59.9 Å². The van der Waals surface area contributed by atoms with E-state index in [4.69, 9.17) is 14.7 Å². The fraction of sp³-hybridized carbons (Fsp3) is 0.350. The van der Waals surface area contributed by atoms with Crippen LogP contribution < -0.4 is 10.6 Å². The van der Waals surface area contributed by atoms with Gasteiger partial charge in [0.2, 0.25) is 0 Å². The quantitative estimate of drug-likeness (QED) is 0.212. The molecule has 232 valence electrons. The molecule has 0 saturated carbocycles.